The molecule has 1 heterocycles. The molecule has 1 aliphatic rings. The minimum absolute atomic E-state index is 0.127. The minimum atomic E-state index is 0.127. The van der Waals surface area contributed by atoms with Gasteiger partial charge in [-0.3, -0.25) is 0 Å². The fourth-order valence-corrected chi connectivity index (χ4v) is 2.65. The Labute approximate surface area is 137 Å². The molecule has 0 amide bonds. The minimum Gasteiger partial charge on any atom is -0.392 e. The normalized spacial score (nSPS) is 22.1. The van der Waals surface area contributed by atoms with Crippen molar-refractivity contribution < 1.29 is 9.84 Å². The molecular formula is C20H34O2. The van der Waals surface area contributed by atoms with Gasteiger partial charge in [-0.2, -0.15) is 0 Å². The Hall–Kier alpha value is -0.860. The summed E-state index contributed by atoms with van der Waals surface area (Å²) in [4.78, 5) is 0. The maximum absolute atomic E-state index is 8.82. The van der Waals surface area contributed by atoms with Gasteiger partial charge in [-0.15, -0.1) is 0 Å². The molecule has 1 aliphatic heterocycles. The van der Waals surface area contributed by atoms with Crippen LogP contribution < -0.4 is 0 Å². The molecule has 1 N–H and O–H groups in total. The second-order valence-electron chi connectivity index (χ2n) is 7.16. The Balaban J connectivity index is 2.16. The fraction of sp³-hybridized carbons (Fsp3) is 0.700. The number of aliphatic hydroxyl groups is 1. The second kappa shape index (κ2) is 9.32. The molecule has 126 valence electrons. The lowest BCUT2D eigenvalue weighted by molar-refractivity contribution is 0.320. The van der Waals surface area contributed by atoms with Gasteiger partial charge in [0, 0.05) is 0 Å². The lowest BCUT2D eigenvalue weighted by Crippen LogP contribution is -2.02. The smallest absolute Gasteiger partial charge is 0.0892 e. The first kappa shape index (κ1) is 19.2. The van der Waals surface area contributed by atoms with Crippen LogP contribution in [0.2, 0.25) is 0 Å². The number of allylic oxidation sites excluding steroid dienone is 5. The van der Waals surface area contributed by atoms with E-state index in [1.54, 1.807) is 0 Å². The van der Waals surface area contributed by atoms with E-state index < -0.39 is 0 Å². The number of aliphatic hydroxyl groups excluding tert-OH is 1. The van der Waals surface area contributed by atoms with E-state index in [9.17, 15) is 0 Å². The number of epoxide rings is 1. The van der Waals surface area contributed by atoms with Gasteiger partial charge in [0.1, 0.15) is 0 Å². The first-order valence-corrected chi connectivity index (χ1v) is 8.60. The first-order valence-electron chi connectivity index (χ1n) is 8.60. The molecule has 1 rings (SSSR count). The number of hydrogen-bond acceptors (Lipinski definition) is 2. The molecule has 0 bridgehead atoms. The molecule has 0 aromatic carbocycles. The third-order valence-electron chi connectivity index (χ3n) is 4.47. The van der Waals surface area contributed by atoms with Crippen LogP contribution in [0.15, 0.2) is 34.9 Å². The van der Waals surface area contributed by atoms with Crippen molar-refractivity contribution in [1.82, 2.24) is 0 Å². The molecule has 0 saturated carbocycles. The van der Waals surface area contributed by atoms with Crippen LogP contribution >= 0.6 is 0 Å². The summed E-state index contributed by atoms with van der Waals surface area (Å²) in [7, 11) is 0. The van der Waals surface area contributed by atoms with Gasteiger partial charge in [-0.1, -0.05) is 34.9 Å². The summed E-state index contributed by atoms with van der Waals surface area (Å²) in [5.41, 5.74) is 4.35. The van der Waals surface area contributed by atoms with Gasteiger partial charge in [0.2, 0.25) is 0 Å². The van der Waals surface area contributed by atoms with Crippen LogP contribution in [0.1, 0.15) is 73.1 Å². The highest BCUT2D eigenvalue weighted by molar-refractivity contribution is 5.07. The zero-order chi connectivity index (χ0) is 16.6. The lowest BCUT2D eigenvalue weighted by Gasteiger charge is -2.03. The van der Waals surface area contributed by atoms with Crippen molar-refractivity contribution in [2.45, 2.75) is 84.8 Å². The van der Waals surface area contributed by atoms with Gasteiger partial charge < -0.3 is 9.84 Å². The summed E-state index contributed by atoms with van der Waals surface area (Å²) in [5, 5.41) is 8.82. The van der Waals surface area contributed by atoms with Crippen LogP contribution in [-0.2, 0) is 4.74 Å². The van der Waals surface area contributed by atoms with Crippen LogP contribution in [0.5, 0.6) is 0 Å². The number of ether oxygens (including phenoxy) is 1. The molecule has 0 spiro atoms. The van der Waals surface area contributed by atoms with Crippen LogP contribution in [0.4, 0.5) is 0 Å². The molecule has 1 fully saturated rings. The van der Waals surface area contributed by atoms with E-state index in [0.29, 0.717) is 6.10 Å². The van der Waals surface area contributed by atoms with Gasteiger partial charge in [-0.05, 0) is 73.1 Å². The Morgan fingerprint density at radius 2 is 1.36 bits per heavy atom. The lowest BCUT2D eigenvalue weighted by atomic mass is 10.0. The Kier molecular flexibility index (Phi) is 8.13. The zero-order valence-electron chi connectivity index (χ0n) is 15.1. The highest BCUT2D eigenvalue weighted by Crippen LogP contribution is 2.38. The van der Waals surface area contributed by atoms with E-state index in [2.05, 4.69) is 46.8 Å². The quantitative estimate of drug-likeness (QED) is 0.437. The molecule has 1 atom stereocenters. The van der Waals surface area contributed by atoms with E-state index >= 15 is 0 Å². The molecule has 0 radical (unpaired) electrons. The van der Waals surface area contributed by atoms with E-state index in [-0.39, 0.29) is 12.2 Å². The summed E-state index contributed by atoms with van der Waals surface area (Å²) in [6.45, 7) is 11.0. The third kappa shape index (κ3) is 7.95. The third-order valence-corrected chi connectivity index (χ3v) is 4.47. The van der Waals surface area contributed by atoms with Crippen molar-refractivity contribution in [2.75, 3.05) is 6.61 Å². The predicted molar refractivity (Wildman–Crippen MR) is 95.0 cm³/mol. The maximum Gasteiger partial charge on any atom is 0.0892 e. The van der Waals surface area contributed by atoms with Crippen molar-refractivity contribution in [3.63, 3.8) is 0 Å². The molecule has 1 unspecified atom stereocenters. The second-order valence-corrected chi connectivity index (χ2v) is 7.16. The number of rotatable bonds is 10. The van der Waals surface area contributed by atoms with Crippen molar-refractivity contribution in [3.05, 3.63) is 34.9 Å². The van der Waals surface area contributed by atoms with E-state index in [4.69, 9.17) is 9.84 Å². The summed E-state index contributed by atoms with van der Waals surface area (Å²) in [6.07, 6.45) is 13.8. The first-order chi connectivity index (χ1) is 10.3. The SMILES string of the molecule is CC(=CCC/C(C)=C/CO)CC/C=C(\C)CCC1OC1(C)C. The maximum atomic E-state index is 8.82. The fourth-order valence-electron chi connectivity index (χ4n) is 2.65. The molecule has 0 aromatic heterocycles. The number of hydrogen-bond donors (Lipinski definition) is 1. The topological polar surface area (TPSA) is 32.8 Å². The van der Waals surface area contributed by atoms with Gasteiger partial charge in [0.05, 0.1) is 18.3 Å². The molecule has 0 aromatic rings. The summed E-state index contributed by atoms with van der Waals surface area (Å²) < 4.78 is 5.62. The molecule has 1 saturated heterocycles. The van der Waals surface area contributed by atoms with Crippen molar-refractivity contribution in [1.29, 1.82) is 0 Å². The van der Waals surface area contributed by atoms with Crippen molar-refractivity contribution in [3.8, 4) is 0 Å². The monoisotopic (exact) mass is 306 g/mol. The highest BCUT2D eigenvalue weighted by atomic mass is 16.6. The highest BCUT2D eigenvalue weighted by Gasteiger charge is 2.46. The van der Waals surface area contributed by atoms with Gasteiger partial charge in [-0.25, -0.2) is 0 Å². The Morgan fingerprint density at radius 3 is 1.82 bits per heavy atom. The summed E-state index contributed by atoms with van der Waals surface area (Å²) >= 11 is 0. The zero-order valence-corrected chi connectivity index (χ0v) is 15.1. The summed E-state index contributed by atoms with van der Waals surface area (Å²) in [6, 6.07) is 0. The van der Waals surface area contributed by atoms with Crippen LogP contribution in [-0.4, -0.2) is 23.4 Å². The van der Waals surface area contributed by atoms with Crippen molar-refractivity contribution in [2.24, 2.45) is 0 Å². The van der Waals surface area contributed by atoms with Gasteiger partial charge in [0.25, 0.3) is 0 Å². The largest absolute Gasteiger partial charge is 0.392 e. The van der Waals surface area contributed by atoms with Crippen LogP contribution in [0.25, 0.3) is 0 Å². The molecule has 2 nitrogen and oxygen atoms in total. The van der Waals surface area contributed by atoms with Gasteiger partial charge >= 0.3 is 0 Å². The average Bonchev–Trinajstić information content (AvgIpc) is 3.04. The average molecular weight is 306 g/mol. The molecular weight excluding hydrogens is 272 g/mol. The Morgan fingerprint density at radius 1 is 0.909 bits per heavy atom. The van der Waals surface area contributed by atoms with Gasteiger partial charge in [0.15, 0.2) is 0 Å². The van der Waals surface area contributed by atoms with E-state index in [1.807, 2.05) is 6.08 Å². The summed E-state index contributed by atoms with van der Waals surface area (Å²) in [5.74, 6) is 0. The Bertz CT molecular complexity index is 427. The van der Waals surface area contributed by atoms with E-state index in [0.717, 1.165) is 38.5 Å². The van der Waals surface area contributed by atoms with Crippen molar-refractivity contribution >= 4 is 0 Å². The molecule has 2 heteroatoms. The van der Waals surface area contributed by atoms with Crippen LogP contribution in [0.3, 0.4) is 0 Å². The van der Waals surface area contributed by atoms with Crippen LogP contribution in [0, 0.1) is 0 Å². The standard InChI is InChI=1S/C20H34O2/c1-16(9-7-11-18(3)14-15-21)8-6-10-17(2)12-13-19-20(4,5)22-19/h9-10,14,19,21H,6-8,11-13,15H2,1-5H3/b16-9?,17-10+,18-14+. The van der Waals surface area contributed by atoms with E-state index in [1.165, 1.54) is 16.7 Å². The molecule has 0 aliphatic carbocycles. The predicted octanol–water partition coefficient (Wildman–Crippen LogP) is 5.34. The molecule has 22 heavy (non-hydrogen) atoms.